The summed E-state index contributed by atoms with van der Waals surface area (Å²) in [6, 6.07) is 3.30. The molecule has 9 heteroatoms. The van der Waals surface area contributed by atoms with E-state index in [1.807, 2.05) is 6.92 Å². The second-order valence-electron chi connectivity index (χ2n) is 5.35. The van der Waals surface area contributed by atoms with Gasteiger partial charge in [0.25, 0.3) is 11.8 Å². The molecular weight excluding hydrogens is 357 g/mol. The number of piperazine rings is 1. The maximum Gasteiger partial charge on any atom is 0.255 e. The molecule has 1 saturated heterocycles. The Morgan fingerprint density at radius 3 is 2.75 bits per heavy atom. The van der Waals surface area contributed by atoms with Crippen LogP contribution in [0.5, 0.6) is 11.5 Å². The minimum absolute atomic E-state index is 0. The first-order valence-electron chi connectivity index (χ1n) is 7.23. The van der Waals surface area contributed by atoms with Crippen LogP contribution in [-0.2, 0) is 4.79 Å². The molecule has 3 N–H and O–H groups in total. The zero-order valence-corrected chi connectivity index (χ0v) is 15.1. The molecule has 0 spiro atoms. The second-order valence-corrected chi connectivity index (χ2v) is 5.76. The lowest BCUT2D eigenvalue weighted by molar-refractivity contribution is -0.119. The highest BCUT2D eigenvalue weighted by Crippen LogP contribution is 2.36. The number of halogens is 2. The van der Waals surface area contributed by atoms with E-state index in [1.165, 1.54) is 13.2 Å². The Kier molecular flexibility index (Phi) is 7.59. The number of carbonyl (C=O) groups is 2. The molecule has 1 heterocycles. The van der Waals surface area contributed by atoms with Crippen LogP contribution >= 0.6 is 24.0 Å². The summed E-state index contributed by atoms with van der Waals surface area (Å²) in [4.78, 5) is 25.2. The Morgan fingerprint density at radius 2 is 2.17 bits per heavy atom. The van der Waals surface area contributed by atoms with Crippen LogP contribution in [0.3, 0.4) is 0 Å². The molecule has 1 aliphatic rings. The first-order valence-corrected chi connectivity index (χ1v) is 7.61. The van der Waals surface area contributed by atoms with Gasteiger partial charge in [-0.25, -0.2) is 0 Å². The van der Waals surface area contributed by atoms with Crippen LogP contribution < -0.4 is 20.5 Å². The molecule has 1 aromatic carbocycles. The number of nitrogens with two attached hydrogens (primary N) is 1. The standard InChI is InChI=1S/C15H20ClN3O4.ClH/c1-9-7-19(4-3-18-9)15(21)10-5-11(16)14(12(6-10)22-2)23-8-13(17)20;/h5-6,9,18H,3-4,7-8H2,1-2H3,(H2,17,20);1H. The van der Waals surface area contributed by atoms with Gasteiger partial charge in [-0.05, 0) is 19.1 Å². The van der Waals surface area contributed by atoms with E-state index in [1.54, 1.807) is 11.0 Å². The number of hydrogen-bond acceptors (Lipinski definition) is 5. The number of amides is 2. The minimum atomic E-state index is -0.627. The molecule has 2 amide bonds. The maximum atomic E-state index is 12.6. The van der Waals surface area contributed by atoms with Crippen molar-refractivity contribution in [2.75, 3.05) is 33.4 Å². The lowest BCUT2D eigenvalue weighted by Crippen LogP contribution is -2.51. The number of ether oxygens (including phenoxy) is 2. The zero-order valence-electron chi connectivity index (χ0n) is 13.5. The van der Waals surface area contributed by atoms with Crippen LogP contribution in [0.2, 0.25) is 5.02 Å². The summed E-state index contributed by atoms with van der Waals surface area (Å²) < 4.78 is 10.5. The third-order valence-electron chi connectivity index (χ3n) is 3.49. The van der Waals surface area contributed by atoms with Crippen molar-refractivity contribution in [3.05, 3.63) is 22.7 Å². The highest BCUT2D eigenvalue weighted by atomic mass is 35.5. The summed E-state index contributed by atoms with van der Waals surface area (Å²) in [5.41, 5.74) is 5.47. The number of hydrogen-bond donors (Lipinski definition) is 2. The molecule has 0 bridgehead atoms. The van der Waals surface area contributed by atoms with Crippen molar-refractivity contribution >= 4 is 35.8 Å². The Morgan fingerprint density at radius 1 is 1.46 bits per heavy atom. The van der Waals surface area contributed by atoms with E-state index in [0.29, 0.717) is 18.7 Å². The van der Waals surface area contributed by atoms with E-state index in [9.17, 15) is 9.59 Å². The van der Waals surface area contributed by atoms with Gasteiger partial charge in [0.1, 0.15) is 0 Å². The molecule has 1 fully saturated rings. The van der Waals surface area contributed by atoms with Gasteiger partial charge in [-0.15, -0.1) is 12.4 Å². The SMILES string of the molecule is COc1cc(C(=O)N2CCNC(C)C2)cc(Cl)c1OCC(N)=O.Cl. The van der Waals surface area contributed by atoms with Gasteiger partial charge in [0.15, 0.2) is 18.1 Å². The van der Waals surface area contributed by atoms with Crippen molar-refractivity contribution in [1.82, 2.24) is 10.2 Å². The maximum absolute atomic E-state index is 12.6. The predicted octanol–water partition coefficient (Wildman–Crippen LogP) is 1.07. The number of rotatable bonds is 5. The minimum Gasteiger partial charge on any atom is -0.493 e. The van der Waals surface area contributed by atoms with E-state index >= 15 is 0 Å². The lowest BCUT2D eigenvalue weighted by Gasteiger charge is -2.32. The summed E-state index contributed by atoms with van der Waals surface area (Å²) in [6.07, 6.45) is 0. The summed E-state index contributed by atoms with van der Waals surface area (Å²) in [5, 5.41) is 3.47. The van der Waals surface area contributed by atoms with Crippen LogP contribution in [-0.4, -0.2) is 56.1 Å². The third-order valence-corrected chi connectivity index (χ3v) is 3.77. The van der Waals surface area contributed by atoms with E-state index in [-0.39, 0.29) is 47.5 Å². The monoisotopic (exact) mass is 377 g/mol. The molecule has 1 unspecified atom stereocenters. The Bertz CT molecular complexity index is 613. The Balaban J connectivity index is 0.00000288. The molecular formula is C15H21Cl2N3O4. The summed E-state index contributed by atoms with van der Waals surface area (Å²) in [6.45, 7) is 3.70. The molecule has 1 aromatic rings. The average Bonchev–Trinajstić information content (AvgIpc) is 2.52. The van der Waals surface area contributed by atoms with Gasteiger partial charge < -0.3 is 25.4 Å². The molecule has 7 nitrogen and oxygen atoms in total. The molecule has 2 rings (SSSR count). The average molecular weight is 378 g/mol. The molecule has 1 aliphatic heterocycles. The number of nitrogens with zero attached hydrogens (tertiary/aromatic N) is 1. The van der Waals surface area contributed by atoms with Gasteiger partial charge in [0.2, 0.25) is 0 Å². The molecule has 1 atom stereocenters. The van der Waals surface area contributed by atoms with Gasteiger partial charge in [0.05, 0.1) is 12.1 Å². The van der Waals surface area contributed by atoms with Crippen LogP contribution in [0.15, 0.2) is 12.1 Å². The van der Waals surface area contributed by atoms with Crippen LogP contribution in [0.4, 0.5) is 0 Å². The molecule has 0 radical (unpaired) electrons. The van der Waals surface area contributed by atoms with Crippen molar-refractivity contribution in [2.24, 2.45) is 5.73 Å². The molecule has 24 heavy (non-hydrogen) atoms. The topological polar surface area (TPSA) is 93.9 Å². The molecule has 0 aliphatic carbocycles. The Labute approximate surface area is 151 Å². The van der Waals surface area contributed by atoms with Gasteiger partial charge in [-0.3, -0.25) is 9.59 Å². The van der Waals surface area contributed by atoms with Gasteiger partial charge in [0, 0.05) is 31.2 Å². The number of primary amides is 1. The summed E-state index contributed by atoms with van der Waals surface area (Å²) >= 11 is 6.17. The van der Waals surface area contributed by atoms with Crippen LogP contribution in [0.1, 0.15) is 17.3 Å². The number of methoxy groups -OCH3 is 1. The number of nitrogens with one attached hydrogen (secondary N) is 1. The predicted molar refractivity (Wildman–Crippen MR) is 93.3 cm³/mol. The van der Waals surface area contributed by atoms with Crippen molar-refractivity contribution < 1.29 is 19.1 Å². The van der Waals surface area contributed by atoms with Crippen molar-refractivity contribution in [1.29, 1.82) is 0 Å². The second kappa shape index (κ2) is 8.96. The largest absolute Gasteiger partial charge is 0.493 e. The van der Waals surface area contributed by atoms with Gasteiger partial charge >= 0.3 is 0 Å². The van der Waals surface area contributed by atoms with Crippen LogP contribution in [0.25, 0.3) is 0 Å². The molecule has 134 valence electrons. The fraction of sp³-hybridized carbons (Fsp3) is 0.467. The van der Waals surface area contributed by atoms with Crippen LogP contribution in [0, 0.1) is 0 Å². The smallest absolute Gasteiger partial charge is 0.255 e. The first kappa shape index (κ1) is 20.3. The van der Waals surface area contributed by atoms with Gasteiger partial charge in [-0.1, -0.05) is 11.6 Å². The van der Waals surface area contributed by atoms with Gasteiger partial charge in [-0.2, -0.15) is 0 Å². The Hall–Kier alpha value is -1.70. The zero-order chi connectivity index (χ0) is 17.0. The highest BCUT2D eigenvalue weighted by Gasteiger charge is 2.24. The molecule has 0 aromatic heterocycles. The summed E-state index contributed by atoms with van der Waals surface area (Å²) in [7, 11) is 1.43. The van der Waals surface area contributed by atoms with E-state index < -0.39 is 5.91 Å². The third kappa shape index (κ3) is 4.90. The van der Waals surface area contributed by atoms with E-state index in [4.69, 9.17) is 26.8 Å². The fourth-order valence-corrected chi connectivity index (χ4v) is 2.69. The number of carbonyl (C=O) groups excluding carboxylic acids is 2. The van der Waals surface area contributed by atoms with E-state index in [0.717, 1.165) is 6.54 Å². The fourth-order valence-electron chi connectivity index (χ4n) is 2.43. The van der Waals surface area contributed by atoms with Crippen molar-refractivity contribution in [2.45, 2.75) is 13.0 Å². The summed E-state index contributed by atoms with van der Waals surface area (Å²) in [5.74, 6) is -0.276. The molecule has 0 saturated carbocycles. The lowest BCUT2D eigenvalue weighted by atomic mass is 10.1. The van der Waals surface area contributed by atoms with E-state index in [2.05, 4.69) is 5.32 Å². The quantitative estimate of drug-likeness (QED) is 0.800. The normalized spacial score (nSPS) is 17.0. The van der Waals surface area contributed by atoms with Crippen molar-refractivity contribution in [3.63, 3.8) is 0 Å². The number of benzene rings is 1. The highest BCUT2D eigenvalue weighted by molar-refractivity contribution is 6.32. The first-order chi connectivity index (χ1) is 10.9. The van der Waals surface area contributed by atoms with Crippen molar-refractivity contribution in [3.8, 4) is 11.5 Å².